The second-order valence-electron chi connectivity index (χ2n) is 6.56. The second kappa shape index (κ2) is 6.77. The molecule has 1 N–H and O–H groups in total. The van der Waals surface area contributed by atoms with Gasteiger partial charge in [-0.3, -0.25) is 9.48 Å². The first-order valence-electron chi connectivity index (χ1n) is 8.42. The highest BCUT2D eigenvalue weighted by Crippen LogP contribution is 2.49. The third-order valence-electron chi connectivity index (χ3n) is 4.85. The molecular formula is C19H25N3O2. The molecule has 1 aromatic carbocycles. The fraction of sp³-hybridized carbons (Fsp3) is 0.474. The Balaban J connectivity index is 1.68. The summed E-state index contributed by atoms with van der Waals surface area (Å²) in [5.74, 6) is 0.503. The van der Waals surface area contributed by atoms with E-state index < -0.39 is 0 Å². The van der Waals surface area contributed by atoms with Crippen LogP contribution in [0.15, 0.2) is 24.3 Å². The summed E-state index contributed by atoms with van der Waals surface area (Å²) in [6, 6.07) is 8.32. The maximum absolute atomic E-state index is 12.6. The Morgan fingerprint density at radius 1 is 1.33 bits per heavy atom. The predicted molar refractivity (Wildman–Crippen MR) is 94.2 cm³/mol. The summed E-state index contributed by atoms with van der Waals surface area (Å²) in [5, 5.41) is 7.59. The van der Waals surface area contributed by atoms with Crippen molar-refractivity contribution in [3.05, 3.63) is 46.8 Å². The van der Waals surface area contributed by atoms with Gasteiger partial charge in [0.25, 0.3) is 0 Å². The lowest BCUT2D eigenvalue weighted by Crippen LogP contribution is -2.16. The van der Waals surface area contributed by atoms with E-state index in [1.807, 2.05) is 30.7 Å². The molecule has 0 saturated heterocycles. The monoisotopic (exact) mass is 327 g/mol. The molecule has 0 aliphatic heterocycles. The fourth-order valence-electron chi connectivity index (χ4n) is 3.32. The van der Waals surface area contributed by atoms with Crippen molar-refractivity contribution in [1.82, 2.24) is 9.78 Å². The average Bonchev–Trinajstić information content (AvgIpc) is 3.31. The number of anilines is 1. The number of carbonyl (C=O) groups is 1. The summed E-state index contributed by atoms with van der Waals surface area (Å²) in [7, 11) is 1.67. The van der Waals surface area contributed by atoms with Gasteiger partial charge < -0.3 is 10.1 Å². The van der Waals surface area contributed by atoms with Crippen LogP contribution in [-0.4, -0.2) is 29.4 Å². The summed E-state index contributed by atoms with van der Waals surface area (Å²) in [5.41, 5.74) is 5.22. The minimum absolute atomic E-state index is 0.0622. The molecule has 5 heteroatoms. The SMILES string of the molecule is COCCn1nc(C)c(NC(=O)C2CC2c2ccccc2C)c1C. The first kappa shape index (κ1) is 16.7. The number of rotatable bonds is 6. The van der Waals surface area contributed by atoms with E-state index in [9.17, 15) is 4.79 Å². The van der Waals surface area contributed by atoms with Gasteiger partial charge in [-0.25, -0.2) is 0 Å². The third-order valence-corrected chi connectivity index (χ3v) is 4.85. The molecule has 1 aliphatic carbocycles. The minimum atomic E-state index is 0.0622. The zero-order chi connectivity index (χ0) is 17.3. The first-order valence-corrected chi connectivity index (χ1v) is 8.42. The number of carbonyl (C=O) groups excluding carboxylic acids is 1. The number of benzene rings is 1. The Labute approximate surface area is 143 Å². The molecule has 2 unspecified atom stereocenters. The molecule has 1 saturated carbocycles. The van der Waals surface area contributed by atoms with Crippen LogP contribution >= 0.6 is 0 Å². The van der Waals surface area contributed by atoms with Crippen molar-refractivity contribution >= 4 is 11.6 Å². The normalized spacial score (nSPS) is 19.3. The van der Waals surface area contributed by atoms with Gasteiger partial charge in [-0.15, -0.1) is 0 Å². The van der Waals surface area contributed by atoms with E-state index in [4.69, 9.17) is 4.74 Å². The third kappa shape index (κ3) is 3.22. The van der Waals surface area contributed by atoms with Crippen LogP contribution in [0.4, 0.5) is 5.69 Å². The zero-order valence-electron chi connectivity index (χ0n) is 14.8. The van der Waals surface area contributed by atoms with Gasteiger partial charge in [-0.1, -0.05) is 24.3 Å². The highest BCUT2D eigenvalue weighted by atomic mass is 16.5. The van der Waals surface area contributed by atoms with E-state index in [1.165, 1.54) is 11.1 Å². The number of nitrogens with zero attached hydrogens (tertiary/aromatic N) is 2. The van der Waals surface area contributed by atoms with Gasteiger partial charge in [0.05, 0.1) is 30.2 Å². The standard InChI is InChI=1S/C19H25N3O2/c1-12-7-5-6-8-15(12)16-11-17(16)19(23)20-18-13(2)21-22(14(18)3)9-10-24-4/h5-8,16-17H,9-11H2,1-4H3,(H,20,23). The number of aryl methyl sites for hydroxylation is 2. The fourth-order valence-corrected chi connectivity index (χ4v) is 3.32. The van der Waals surface area contributed by atoms with Crippen molar-refractivity contribution in [1.29, 1.82) is 0 Å². The van der Waals surface area contributed by atoms with Crippen LogP contribution < -0.4 is 5.32 Å². The largest absolute Gasteiger partial charge is 0.383 e. The summed E-state index contributed by atoms with van der Waals surface area (Å²) in [6.07, 6.45) is 0.923. The number of methoxy groups -OCH3 is 1. The lowest BCUT2D eigenvalue weighted by molar-refractivity contribution is -0.117. The number of nitrogens with one attached hydrogen (secondary N) is 1. The molecule has 1 aliphatic rings. The van der Waals surface area contributed by atoms with Crippen molar-refractivity contribution in [3.63, 3.8) is 0 Å². The Morgan fingerprint density at radius 3 is 2.79 bits per heavy atom. The molecule has 128 valence electrons. The van der Waals surface area contributed by atoms with Gasteiger partial charge in [0.1, 0.15) is 0 Å². The van der Waals surface area contributed by atoms with Crippen molar-refractivity contribution in [2.75, 3.05) is 19.0 Å². The van der Waals surface area contributed by atoms with Crippen LogP contribution in [0, 0.1) is 26.7 Å². The van der Waals surface area contributed by atoms with Gasteiger partial charge in [0, 0.05) is 13.0 Å². The number of amides is 1. The van der Waals surface area contributed by atoms with Crippen LogP contribution in [0.5, 0.6) is 0 Å². The van der Waals surface area contributed by atoms with E-state index in [-0.39, 0.29) is 11.8 Å². The molecule has 0 bridgehead atoms. The molecule has 0 radical (unpaired) electrons. The summed E-state index contributed by atoms with van der Waals surface area (Å²) in [4.78, 5) is 12.6. The molecule has 1 fully saturated rings. The molecule has 2 atom stereocenters. The highest BCUT2D eigenvalue weighted by molar-refractivity contribution is 5.96. The average molecular weight is 327 g/mol. The Morgan fingerprint density at radius 2 is 2.08 bits per heavy atom. The summed E-state index contributed by atoms with van der Waals surface area (Å²) >= 11 is 0. The van der Waals surface area contributed by atoms with Gasteiger partial charge in [-0.05, 0) is 44.2 Å². The van der Waals surface area contributed by atoms with E-state index in [0.29, 0.717) is 19.1 Å². The Bertz CT molecular complexity index is 751. The molecule has 1 amide bonds. The second-order valence-corrected chi connectivity index (χ2v) is 6.56. The van der Waals surface area contributed by atoms with E-state index in [2.05, 4.69) is 29.5 Å². The minimum Gasteiger partial charge on any atom is -0.383 e. The zero-order valence-corrected chi connectivity index (χ0v) is 14.8. The van der Waals surface area contributed by atoms with Gasteiger partial charge >= 0.3 is 0 Å². The van der Waals surface area contributed by atoms with Crippen molar-refractivity contribution in [2.24, 2.45) is 5.92 Å². The topological polar surface area (TPSA) is 56.1 Å². The molecular weight excluding hydrogens is 302 g/mol. The molecule has 5 nitrogen and oxygen atoms in total. The van der Waals surface area contributed by atoms with E-state index in [0.717, 1.165) is 23.5 Å². The number of hydrogen-bond donors (Lipinski definition) is 1. The van der Waals surface area contributed by atoms with Gasteiger partial charge in [0.2, 0.25) is 5.91 Å². The van der Waals surface area contributed by atoms with Gasteiger partial charge in [-0.2, -0.15) is 5.10 Å². The molecule has 24 heavy (non-hydrogen) atoms. The van der Waals surface area contributed by atoms with Crippen LogP contribution in [0.3, 0.4) is 0 Å². The smallest absolute Gasteiger partial charge is 0.228 e. The van der Waals surface area contributed by atoms with Crippen LogP contribution in [0.25, 0.3) is 0 Å². The quantitative estimate of drug-likeness (QED) is 0.886. The highest BCUT2D eigenvalue weighted by Gasteiger charge is 2.44. The van der Waals surface area contributed by atoms with Crippen LogP contribution in [0.1, 0.15) is 34.9 Å². The van der Waals surface area contributed by atoms with Crippen molar-refractivity contribution in [3.8, 4) is 0 Å². The predicted octanol–water partition coefficient (Wildman–Crippen LogP) is 3.20. The lowest BCUT2D eigenvalue weighted by Gasteiger charge is -2.08. The number of aromatic nitrogens is 2. The van der Waals surface area contributed by atoms with Crippen LogP contribution in [-0.2, 0) is 16.1 Å². The molecule has 3 rings (SSSR count). The van der Waals surface area contributed by atoms with Crippen LogP contribution in [0.2, 0.25) is 0 Å². The van der Waals surface area contributed by atoms with E-state index in [1.54, 1.807) is 7.11 Å². The Hall–Kier alpha value is -2.14. The number of hydrogen-bond acceptors (Lipinski definition) is 3. The van der Waals surface area contributed by atoms with E-state index >= 15 is 0 Å². The maximum atomic E-state index is 12.6. The molecule has 1 heterocycles. The number of ether oxygens (including phenoxy) is 1. The lowest BCUT2D eigenvalue weighted by atomic mass is 10.0. The van der Waals surface area contributed by atoms with Crippen molar-refractivity contribution < 1.29 is 9.53 Å². The Kier molecular flexibility index (Phi) is 4.71. The van der Waals surface area contributed by atoms with Crippen molar-refractivity contribution in [2.45, 2.75) is 39.7 Å². The maximum Gasteiger partial charge on any atom is 0.228 e. The van der Waals surface area contributed by atoms with Gasteiger partial charge in [0.15, 0.2) is 0 Å². The molecule has 1 aromatic heterocycles. The molecule has 0 spiro atoms. The summed E-state index contributed by atoms with van der Waals surface area (Å²) in [6.45, 7) is 7.31. The first-order chi connectivity index (χ1) is 11.5. The molecule has 2 aromatic rings. The summed E-state index contributed by atoms with van der Waals surface area (Å²) < 4.78 is 6.99.